The van der Waals surface area contributed by atoms with E-state index in [0.29, 0.717) is 5.69 Å². The molecule has 0 saturated carbocycles. The molecule has 4 heteroatoms. The maximum Gasteiger partial charge on any atom is 0.246 e. The molecule has 2 unspecified atom stereocenters. The monoisotopic (exact) mass is 264 g/mol. The third-order valence-corrected chi connectivity index (χ3v) is 3.54. The molecule has 0 saturated heterocycles. The Morgan fingerprint density at radius 2 is 2.21 bits per heavy atom. The Labute approximate surface area is 113 Å². The number of fused-ring (bicyclic) bond motifs is 1. The Balaban J connectivity index is 2.00. The third kappa shape index (κ3) is 3.32. The van der Waals surface area contributed by atoms with Crippen molar-refractivity contribution in [1.82, 2.24) is 5.32 Å². The van der Waals surface area contributed by atoms with Gasteiger partial charge in [0.1, 0.15) is 11.9 Å². The maximum atomic E-state index is 13.1. The number of nitrogens with one attached hydrogen (secondary N) is 2. The van der Waals surface area contributed by atoms with Crippen LogP contribution in [0.25, 0.3) is 0 Å². The molecular formula is C15H21FN2O. The van der Waals surface area contributed by atoms with Gasteiger partial charge in [-0.15, -0.1) is 0 Å². The van der Waals surface area contributed by atoms with E-state index in [4.69, 9.17) is 0 Å². The molecule has 104 valence electrons. The molecule has 2 rings (SSSR count). The summed E-state index contributed by atoms with van der Waals surface area (Å²) in [5.74, 6) is -0.418. The molecule has 2 atom stereocenters. The van der Waals surface area contributed by atoms with Crippen LogP contribution >= 0.6 is 0 Å². The molecule has 0 radical (unpaired) electrons. The van der Waals surface area contributed by atoms with Gasteiger partial charge in [-0.25, -0.2) is 4.39 Å². The van der Waals surface area contributed by atoms with Gasteiger partial charge >= 0.3 is 0 Å². The maximum absolute atomic E-state index is 13.1. The molecule has 1 aromatic carbocycles. The number of carbonyl (C=O) groups is 1. The fourth-order valence-electron chi connectivity index (χ4n) is 2.47. The molecule has 2 N–H and O–H groups in total. The highest BCUT2D eigenvalue weighted by molar-refractivity contribution is 6.02. The zero-order valence-corrected chi connectivity index (χ0v) is 11.5. The minimum atomic E-state index is -0.354. The SMILES string of the molecule is CCCCCC(C)NC1C(=O)Nc2cc(F)ccc21. The second-order valence-electron chi connectivity index (χ2n) is 5.22. The average Bonchev–Trinajstić information content (AvgIpc) is 2.65. The number of unbranched alkanes of at least 4 members (excludes halogenated alkanes) is 2. The normalized spacial score (nSPS) is 19.1. The van der Waals surface area contributed by atoms with E-state index in [1.807, 2.05) is 0 Å². The lowest BCUT2D eigenvalue weighted by molar-refractivity contribution is -0.117. The summed E-state index contributed by atoms with van der Waals surface area (Å²) in [6.07, 6.45) is 4.62. The van der Waals surface area contributed by atoms with Crippen molar-refractivity contribution in [3.05, 3.63) is 29.6 Å². The van der Waals surface area contributed by atoms with Crippen molar-refractivity contribution in [2.75, 3.05) is 5.32 Å². The molecule has 19 heavy (non-hydrogen) atoms. The summed E-state index contributed by atoms with van der Waals surface area (Å²) in [6.45, 7) is 4.26. The molecule has 1 aliphatic heterocycles. The van der Waals surface area contributed by atoms with Gasteiger partial charge in [0, 0.05) is 17.3 Å². The Bertz CT molecular complexity index is 461. The predicted molar refractivity (Wildman–Crippen MR) is 74.5 cm³/mol. The van der Waals surface area contributed by atoms with Crippen molar-refractivity contribution in [3.63, 3.8) is 0 Å². The van der Waals surface area contributed by atoms with Crippen LogP contribution in [-0.4, -0.2) is 11.9 Å². The van der Waals surface area contributed by atoms with Crippen LogP contribution in [0.15, 0.2) is 18.2 Å². The molecule has 1 aromatic rings. The first-order valence-electron chi connectivity index (χ1n) is 6.98. The van der Waals surface area contributed by atoms with Gasteiger partial charge in [0.2, 0.25) is 5.91 Å². The Morgan fingerprint density at radius 1 is 1.42 bits per heavy atom. The van der Waals surface area contributed by atoms with Gasteiger partial charge in [-0.3, -0.25) is 10.1 Å². The second kappa shape index (κ2) is 6.15. The number of rotatable bonds is 6. The number of benzene rings is 1. The van der Waals surface area contributed by atoms with Gasteiger partial charge in [-0.1, -0.05) is 32.3 Å². The topological polar surface area (TPSA) is 41.1 Å². The molecule has 0 spiro atoms. The second-order valence-corrected chi connectivity index (χ2v) is 5.22. The minimum absolute atomic E-state index is 0.0945. The molecule has 0 bridgehead atoms. The lowest BCUT2D eigenvalue weighted by atomic mass is 10.0. The number of anilines is 1. The molecule has 0 fully saturated rings. The van der Waals surface area contributed by atoms with E-state index in [1.54, 1.807) is 6.07 Å². The highest BCUT2D eigenvalue weighted by atomic mass is 19.1. The van der Waals surface area contributed by atoms with Crippen molar-refractivity contribution in [3.8, 4) is 0 Å². The summed E-state index contributed by atoms with van der Waals surface area (Å²) < 4.78 is 13.1. The first kappa shape index (κ1) is 14.0. The van der Waals surface area contributed by atoms with Crippen LogP contribution in [0.2, 0.25) is 0 Å². The quantitative estimate of drug-likeness (QED) is 0.773. The molecule has 3 nitrogen and oxygen atoms in total. The number of hydrogen-bond donors (Lipinski definition) is 2. The standard InChI is InChI=1S/C15H21FN2O/c1-3-4-5-6-10(2)17-14-12-8-7-11(16)9-13(12)18-15(14)19/h7-10,14,17H,3-6H2,1-2H3,(H,18,19). The van der Waals surface area contributed by atoms with Gasteiger partial charge in [-0.2, -0.15) is 0 Å². The molecule has 0 aliphatic carbocycles. The van der Waals surface area contributed by atoms with Gasteiger partial charge in [0.05, 0.1) is 0 Å². The summed E-state index contributed by atoms with van der Waals surface area (Å²) in [5, 5.41) is 6.05. The number of halogens is 1. The van der Waals surface area contributed by atoms with E-state index < -0.39 is 0 Å². The summed E-state index contributed by atoms with van der Waals surface area (Å²) in [6, 6.07) is 4.37. The first-order valence-corrected chi connectivity index (χ1v) is 6.98. The molecule has 0 aromatic heterocycles. The van der Waals surface area contributed by atoms with E-state index in [2.05, 4.69) is 24.5 Å². The highest BCUT2D eigenvalue weighted by Crippen LogP contribution is 2.31. The average molecular weight is 264 g/mol. The van der Waals surface area contributed by atoms with Crippen molar-refractivity contribution in [2.24, 2.45) is 0 Å². The first-order chi connectivity index (χ1) is 9.11. The van der Waals surface area contributed by atoms with Crippen LogP contribution < -0.4 is 10.6 Å². The zero-order valence-electron chi connectivity index (χ0n) is 11.5. The zero-order chi connectivity index (χ0) is 13.8. The molecular weight excluding hydrogens is 243 g/mol. The van der Waals surface area contributed by atoms with Crippen LogP contribution in [0.5, 0.6) is 0 Å². The largest absolute Gasteiger partial charge is 0.324 e. The Kier molecular flexibility index (Phi) is 4.53. The van der Waals surface area contributed by atoms with E-state index in [9.17, 15) is 9.18 Å². The third-order valence-electron chi connectivity index (χ3n) is 3.54. The smallest absolute Gasteiger partial charge is 0.246 e. The van der Waals surface area contributed by atoms with Crippen molar-refractivity contribution >= 4 is 11.6 Å². The van der Waals surface area contributed by atoms with Crippen molar-refractivity contribution < 1.29 is 9.18 Å². The number of amides is 1. The molecule has 1 amide bonds. The van der Waals surface area contributed by atoms with Crippen LogP contribution in [0.3, 0.4) is 0 Å². The Hall–Kier alpha value is -1.42. The molecule has 1 heterocycles. The predicted octanol–water partition coefficient (Wildman–Crippen LogP) is 3.38. The summed E-state index contributed by atoms with van der Waals surface area (Å²) in [7, 11) is 0. The van der Waals surface area contributed by atoms with E-state index >= 15 is 0 Å². The highest BCUT2D eigenvalue weighted by Gasteiger charge is 2.31. The van der Waals surface area contributed by atoms with E-state index in [1.165, 1.54) is 25.0 Å². The van der Waals surface area contributed by atoms with Gasteiger partial charge < -0.3 is 5.32 Å². The summed E-state index contributed by atoms with van der Waals surface area (Å²) in [5.41, 5.74) is 1.43. The number of hydrogen-bond acceptors (Lipinski definition) is 2. The van der Waals surface area contributed by atoms with E-state index in [0.717, 1.165) is 18.4 Å². The fourth-order valence-corrected chi connectivity index (χ4v) is 2.47. The van der Waals surface area contributed by atoms with Crippen molar-refractivity contribution in [2.45, 2.75) is 51.6 Å². The van der Waals surface area contributed by atoms with Crippen LogP contribution in [0, 0.1) is 5.82 Å². The molecule has 1 aliphatic rings. The lowest BCUT2D eigenvalue weighted by Gasteiger charge is -2.18. The summed E-state index contributed by atoms with van der Waals surface area (Å²) in [4.78, 5) is 11.9. The fraction of sp³-hybridized carbons (Fsp3) is 0.533. The van der Waals surface area contributed by atoms with Crippen LogP contribution in [-0.2, 0) is 4.79 Å². The lowest BCUT2D eigenvalue weighted by Crippen LogP contribution is -2.34. The summed E-state index contributed by atoms with van der Waals surface area (Å²) >= 11 is 0. The Morgan fingerprint density at radius 3 is 2.95 bits per heavy atom. The van der Waals surface area contributed by atoms with Crippen LogP contribution in [0.4, 0.5) is 10.1 Å². The minimum Gasteiger partial charge on any atom is -0.324 e. The van der Waals surface area contributed by atoms with E-state index in [-0.39, 0.29) is 23.8 Å². The number of carbonyl (C=O) groups excluding carboxylic acids is 1. The van der Waals surface area contributed by atoms with Gasteiger partial charge in [-0.05, 0) is 25.5 Å². The van der Waals surface area contributed by atoms with Crippen molar-refractivity contribution in [1.29, 1.82) is 0 Å². The van der Waals surface area contributed by atoms with Gasteiger partial charge in [0.15, 0.2) is 0 Å². The van der Waals surface area contributed by atoms with Crippen LogP contribution in [0.1, 0.15) is 51.1 Å². The van der Waals surface area contributed by atoms with Gasteiger partial charge in [0.25, 0.3) is 0 Å².